The number of alkyl halides is 1. The average Bonchev–Trinajstić information content (AvgIpc) is 2.95. The number of halogens is 1. The summed E-state index contributed by atoms with van der Waals surface area (Å²) in [4.78, 5) is 24.2. The summed E-state index contributed by atoms with van der Waals surface area (Å²) in [6.45, 7) is 2.15. The largest absolute Gasteiger partial charge is 0.501 e. The Bertz CT molecular complexity index is 596. The molecular weight excluding hydrogens is 311 g/mol. The number of amides is 1. The maximum Gasteiger partial charge on any atom is 0.252 e. The van der Waals surface area contributed by atoms with Crippen LogP contribution >= 0.6 is 0 Å². The van der Waals surface area contributed by atoms with E-state index in [1.807, 2.05) is 0 Å². The van der Waals surface area contributed by atoms with E-state index < -0.39 is 6.17 Å². The third-order valence-electron chi connectivity index (χ3n) is 4.52. The van der Waals surface area contributed by atoms with E-state index in [0.717, 1.165) is 18.4 Å². The first-order chi connectivity index (χ1) is 11.6. The lowest BCUT2D eigenvalue weighted by Gasteiger charge is -2.29. The van der Waals surface area contributed by atoms with Crippen molar-refractivity contribution in [3.05, 3.63) is 36.1 Å². The van der Waals surface area contributed by atoms with Crippen LogP contribution in [0.4, 0.5) is 4.39 Å². The van der Waals surface area contributed by atoms with Gasteiger partial charge < -0.3 is 9.64 Å². The SMILES string of the molecule is CN(C[C@@H]1C[C@H](F)CN1Cc1cncnc1)C(=O)C1=COCCC1. The van der Waals surface area contributed by atoms with Gasteiger partial charge in [-0.3, -0.25) is 9.69 Å². The van der Waals surface area contributed by atoms with Crippen LogP contribution in [-0.4, -0.2) is 64.6 Å². The summed E-state index contributed by atoms with van der Waals surface area (Å²) in [5, 5.41) is 0. The smallest absolute Gasteiger partial charge is 0.252 e. The molecule has 1 amide bonds. The van der Waals surface area contributed by atoms with E-state index in [2.05, 4.69) is 14.9 Å². The highest BCUT2D eigenvalue weighted by molar-refractivity contribution is 5.93. The Morgan fingerprint density at radius 2 is 2.25 bits per heavy atom. The summed E-state index contributed by atoms with van der Waals surface area (Å²) in [6.07, 6.45) is 7.72. The van der Waals surface area contributed by atoms with Crippen LogP contribution in [0, 0.1) is 0 Å². The van der Waals surface area contributed by atoms with Crippen molar-refractivity contribution in [2.24, 2.45) is 0 Å². The van der Waals surface area contributed by atoms with Gasteiger partial charge in [0.1, 0.15) is 12.5 Å². The maximum atomic E-state index is 13.9. The summed E-state index contributed by atoms with van der Waals surface area (Å²) in [5.74, 6) is -0.0278. The molecule has 24 heavy (non-hydrogen) atoms. The Balaban J connectivity index is 1.61. The molecule has 7 heteroatoms. The molecule has 1 aromatic rings. The van der Waals surface area contributed by atoms with E-state index in [0.29, 0.717) is 38.2 Å². The first-order valence-corrected chi connectivity index (χ1v) is 8.31. The molecule has 2 aliphatic heterocycles. The second-order valence-corrected chi connectivity index (χ2v) is 6.47. The number of hydrogen-bond acceptors (Lipinski definition) is 5. The van der Waals surface area contributed by atoms with Crippen LogP contribution in [0.1, 0.15) is 24.8 Å². The maximum absolute atomic E-state index is 13.9. The van der Waals surface area contributed by atoms with Gasteiger partial charge in [-0.1, -0.05) is 0 Å². The number of likely N-dealkylation sites (N-methyl/N-ethyl adjacent to an activating group) is 1. The van der Waals surface area contributed by atoms with E-state index in [9.17, 15) is 9.18 Å². The van der Waals surface area contributed by atoms with Crippen LogP contribution in [0.15, 0.2) is 30.6 Å². The highest BCUT2D eigenvalue weighted by atomic mass is 19.1. The molecule has 0 aromatic carbocycles. The molecule has 2 atom stereocenters. The molecular formula is C17H23FN4O2. The normalized spacial score (nSPS) is 24.3. The fourth-order valence-corrected chi connectivity index (χ4v) is 3.32. The molecule has 0 spiro atoms. The summed E-state index contributed by atoms with van der Waals surface area (Å²) in [7, 11) is 1.77. The fraction of sp³-hybridized carbons (Fsp3) is 0.588. The van der Waals surface area contributed by atoms with Gasteiger partial charge in [0.2, 0.25) is 0 Å². The van der Waals surface area contributed by atoms with E-state index >= 15 is 0 Å². The summed E-state index contributed by atoms with van der Waals surface area (Å²) < 4.78 is 19.2. The Morgan fingerprint density at radius 1 is 1.46 bits per heavy atom. The zero-order valence-corrected chi connectivity index (χ0v) is 13.9. The van der Waals surface area contributed by atoms with Crippen molar-refractivity contribution in [2.45, 2.75) is 38.0 Å². The molecule has 2 aliphatic rings. The van der Waals surface area contributed by atoms with Crippen molar-refractivity contribution >= 4 is 5.91 Å². The van der Waals surface area contributed by atoms with Gasteiger partial charge in [-0.05, 0) is 19.3 Å². The van der Waals surface area contributed by atoms with Gasteiger partial charge in [0.05, 0.1) is 18.4 Å². The Labute approximate surface area is 141 Å². The predicted molar refractivity (Wildman–Crippen MR) is 86.6 cm³/mol. The third kappa shape index (κ3) is 4.08. The topological polar surface area (TPSA) is 58.6 Å². The molecule has 1 fully saturated rings. The van der Waals surface area contributed by atoms with Gasteiger partial charge in [-0.2, -0.15) is 0 Å². The molecule has 0 saturated carbocycles. The van der Waals surface area contributed by atoms with Crippen molar-refractivity contribution in [3.8, 4) is 0 Å². The van der Waals surface area contributed by atoms with Gasteiger partial charge in [0.15, 0.2) is 0 Å². The number of likely N-dealkylation sites (tertiary alicyclic amines) is 1. The van der Waals surface area contributed by atoms with E-state index in [4.69, 9.17) is 4.74 Å². The Kier molecular flexibility index (Phi) is 5.40. The van der Waals surface area contributed by atoms with Crippen LogP contribution in [0.2, 0.25) is 0 Å². The Morgan fingerprint density at radius 3 is 2.96 bits per heavy atom. The first kappa shape index (κ1) is 16.8. The van der Waals surface area contributed by atoms with Crippen molar-refractivity contribution in [1.82, 2.24) is 19.8 Å². The van der Waals surface area contributed by atoms with Gasteiger partial charge in [0.25, 0.3) is 5.91 Å². The molecule has 130 valence electrons. The number of ether oxygens (including phenoxy) is 1. The van der Waals surface area contributed by atoms with Crippen LogP contribution < -0.4 is 0 Å². The first-order valence-electron chi connectivity index (χ1n) is 8.31. The molecule has 1 saturated heterocycles. The zero-order chi connectivity index (χ0) is 16.9. The molecule has 3 heterocycles. The number of aromatic nitrogens is 2. The standard InChI is InChI=1S/C17H23FN4O2/c1-21(17(23)14-3-2-4-24-11-14)10-16-5-15(18)9-22(16)8-13-6-19-12-20-7-13/h6-7,11-12,15-16H,2-5,8-10H2,1H3/t15-,16-/m0/s1. The molecule has 3 rings (SSSR count). The molecule has 0 unspecified atom stereocenters. The number of hydrogen-bond donors (Lipinski definition) is 0. The summed E-state index contributed by atoms with van der Waals surface area (Å²) in [5.41, 5.74) is 1.65. The van der Waals surface area contributed by atoms with Crippen LogP contribution in [0.5, 0.6) is 0 Å². The van der Waals surface area contributed by atoms with Gasteiger partial charge in [-0.25, -0.2) is 14.4 Å². The zero-order valence-electron chi connectivity index (χ0n) is 13.9. The van der Waals surface area contributed by atoms with Crippen molar-refractivity contribution in [3.63, 3.8) is 0 Å². The third-order valence-corrected chi connectivity index (χ3v) is 4.52. The van der Waals surface area contributed by atoms with Crippen molar-refractivity contribution in [2.75, 3.05) is 26.7 Å². The number of carbonyl (C=O) groups excluding carboxylic acids is 1. The second kappa shape index (κ2) is 7.70. The minimum Gasteiger partial charge on any atom is -0.501 e. The predicted octanol–water partition coefficient (Wildman–Crippen LogP) is 1.54. The minimum atomic E-state index is -0.861. The number of rotatable bonds is 5. The lowest BCUT2D eigenvalue weighted by molar-refractivity contribution is -0.127. The molecule has 1 aromatic heterocycles. The van der Waals surface area contributed by atoms with Crippen LogP contribution in [-0.2, 0) is 16.1 Å². The average molecular weight is 334 g/mol. The monoisotopic (exact) mass is 334 g/mol. The minimum absolute atomic E-state index is 0.000681. The van der Waals surface area contributed by atoms with E-state index in [-0.39, 0.29) is 11.9 Å². The van der Waals surface area contributed by atoms with Gasteiger partial charge in [0, 0.05) is 50.7 Å². The highest BCUT2D eigenvalue weighted by Gasteiger charge is 2.34. The molecule has 0 radical (unpaired) electrons. The fourth-order valence-electron chi connectivity index (χ4n) is 3.32. The number of carbonyl (C=O) groups is 1. The van der Waals surface area contributed by atoms with Crippen molar-refractivity contribution in [1.29, 1.82) is 0 Å². The van der Waals surface area contributed by atoms with Crippen molar-refractivity contribution < 1.29 is 13.9 Å². The summed E-state index contributed by atoms with van der Waals surface area (Å²) in [6, 6.07) is -0.000681. The summed E-state index contributed by atoms with van der Waals surface area (Å²) >= 11 is 0. The number of nitrogens with zero attached hydrogens (tertiary/aromatic N) is 4. The van der Waals surface area contributed by atoms with Gasteiger partial charge in [-0.15, -0.1) is 0 Å². The quantitative estimate of drug-likeness (QED) is 0.817. The Hall–Kier alpha value is -2.02. The lowest BCUT2D eigenvalue weighted by atomic mass is 10.1. The molecule has 0 N–H and O–H groups in total. The molecule has 6 nitrogen and oxygen atoms in total. The van der Waals surface area contributed by atoms with E-state index in [1.54, 1.807) is 30.6 Å². The lowest BCUT2D eigenvalue weighted by Crippen LogP contribution is -2.41. The molecule has 0 bridgehead atoms. The van der Waals surface area contributed by atoms with Crippen LogP contribution in [0.3, 0.4) is 0 Å². The van der Waals surface area contributed by atoms with Crippen LogP contribution in [0.25, 0.3) is 0 Å². The molecule has 0 aliphatic carbocycles. The van der Waals surface area contributed by atoms with E-state index in [1.165, 1.54) is 6.33 Å². The second-order valence-electron chi connectivity index (χ2n) is 6.47. The van der Waals surface area contributed by atoms with Gasteiger partial charge >= 0.3 is 0 Å². The highest BCUT2D eigenvalue weighted by Crippen LogP contribution is 2.24.